The number of ether oxygens (including phenoxy) is 1. The molecular formula is C16H24FNO2. The number of carbonyl (C=O) groups excluding carboxylic acids is 1. The largest absolute Gasteiger partial charge is 0.466 e. The van der Waals surface area contributed by atoms with Crippen molar-refractivity contribution in [1.29, 1.82) is 0 Å². The fraction of sp³-hybridized carbons (Fsp3) is 0.562. The van der Waals surface area contributed by atoms with Crippen LogP contribution in [0.5, 0.6) is 0 Å². The number of hydrogen-bond acceptors (Lipinski definition) is 3. The molecule has 0 aliphatic rings. The molecule has 0 radical (unpaired) electrons. The SMILES string of the molecule is CCOC(=O)C(CN)(Cc1ccc(F)cc1C)C(C)C. The van der Waals surface area contributed by atoms with Gasteiger partial charge in [0.2, 0.25) is 0 Å². The number of carbonyl (C=O) groups is 1. The molecule has 1 aromatic carbocycles. The van der Waals surface area contributed by atoms with E-state index in [1.807, 2.05) is 20.8 Å². The predicted octanol–water partition coefficient (Wildman–Crippen LogP) is 2.84. The first-order valence-electron chi connectivity index (χ1n) is 6.99. The van der Waals surface area contributed by atoms with Crippen molar-refractivity contribution in [2.45, 2.75) is 34.1 Å². The Morgan fingerprint density at radius 3 is 2.55 bits per heavy atom. The Bertz CT molecular complexity index is 474. The molecule has 1 atom stereocenters. The first kappa shape index (κ1) is 16.6. The van der Waals surface area contributed by atoms with Crippen molar-refractivity contribution >= 4 is 5.97 Å². The van der Waals surface area contributed by atoms with Gasteiger partial charge >= 0.3 is 5.97 Å². The van der Waals surface area contributed by atoms with Crippen LogP contribution in [0, 0.1) is 24.1 Å². The molecule has 0 spiro atoms. The van der Waals surface area contributed by atoms with Crippen molar-refractivity contribution < 1.29 is 13.9 Å². The summed E-state index contributed by atoms with van der Waals surface area (Å²) in [6, 6.07) is 4.61. The van der Waals surface area contributed by atoms with E-state index in [9.17, 15) is 9.18 Å². The standard InChI is InChI=1S/C16H24FNO2/c1-5-20-15(19)16(10-18,11(2)3)9-13-6-7-14(17)8-12(13)4/h6-8,11H,5,9-10,18H2,1-4H3. The molecule has 1 aromatic rings. The van der Waals surface area contributed by atoms with Crippen LogP contribution in [-0.4, -0.2) is 19.1 Å². The van der Waals surface area contributed by atoms with E-state index in [1.54, 1.807) is 13.0 Å². The average molecular weight is 281 g/mol. The van der Waals surface area contributed by atoms with Gasteiger partial charge < -0.3 is 10.5 Å². The average Bonchev–Trinajstić information content (AvgIpc) is 2.38. The van der Waals surface area contributed by atoms with Gasteiger partial charge in [0.25, 0.3) is 0 Å². The maximum absolute atomic E-state index is 13.2. The van der Waals surface area contributed by atoms with Crippen LogP contribution in [0.1, 0.15) is 31.9 Å². The van der Waals surface area contributed by atoms with Gasteiger partial charge in [-0.25, -0.2) is 4.39 Å². The number of aryl methyl sites for hydroxylation is 1. The summed E-state index contributed by atoms with van der Waals surface area (Å²) in [7, 11) is 0. The Morgan fingerprint density at radius 2 is 2.10 bits per heavy atom. The van der Waals surface area contributed by atoms with Crippen molar-refractivity contribution in [2.24, 2.45) is 17.1 Å². The van der Waals surface area contributed by atoms with Crippen LogP contribution in [0.25, 0.3) is 0 Å². The van der Waals surface area contributed by atoms with Gasteiger partial charge in [-0.1, -0.05) is 19.9 Å². The van der Waals surface area contributed by atoms with Crippen molar-refractivity contribution in [3.8, 4) is 0 Å². The van der Waals surface area contributed by atoms with Gasteiger partial charge in [0.15, 0.2) is 0 Å². The van der Waals surface area contributed by atoms with Crippen LogP contribution in [0.4, 0.5) is 4.39 Å². The maximum atomic E-state index is 13.2. The van der Waals surface area contributed by atoms with Crippen LogP contribution in [0.2, 0.25) is 0 Å². The van der Waals surface area contributed by atoms with E-state index in [2.05, 4.69) is 0 Å². The lowest BCUT2D eigenvalue weighted by molar-refractivity contribution is -0.157. The molecule has 0 saturated carbocycles. The van der Waals surface area contributed by atoms with Gasteiger partial charge in [0.05, 0.1) is 12.0 Å². The van der Waals surface area contributed by atoms with E-state index in [0.29, 0.717) is 13.0 Å². The van der Waals surface area contributed by atoms with Crippen LogP contribution in [0.15, 0.2) is 18.2 Å². The van der Waals surface area contributed by atoms with Gasteiger partial charge in [0, 0.05) is 6.54 Å². The molecule has 4 heteroatoms. The molecule has 0 heterocycles. The lowest BCUT2D eigenvalue weighted by Crippen LogP contribution is -2.46. The number of hydrogen-bond donors (Lipinski definition) is 1. The third-order valence-electron chi connectivity index (χ3n) is 3.96. The highest BCUT2D eigenvalue weighted by molar-refractivity contribution is 5.78. The van der Waals surface area contributed by atoms with E-state index in [0.717, 1.165) is 11.1 Å². The summed E-state index contributed by atoms with van der Waals surface area (Å²) in [4.78, 5) is 12.3. The second-order valence-electron chi connectivity index (χ2n) is 5.48. The zero-order chi connectivity index (χ0) is 15.3. The number of nitrogens with two attached hydrogens (primary N) is 1. The van der Waals surface area contributed by atoms with Gasteiger partial charge in [-0.3, -0.25) is 4.79 Å². The van der Waals surface area contributed by atoms with E-state index in [1.165, 1.54) is 12.1 Å². The first-order chi connectivity index (χ1) is 9.37. The molecular weight excluding hydrogens is 257 g/mol. The van der Waals surface area contributed by atoms with E-state index < -0.39 is 5.41 Å². The van der Waals surface area contributed by atoms with Crippen LogP contribution >= 0.6 is 0 Å². The molecule has 0 saturated heterocycles. The third kappa shape index (κ3) is 3.37. The smallest absolute Gasteiger partial charge is 0.313 e. The topological polar surface area (TPSA) is 52.3 Å². The second kappa shape index (κ2) is 6.84. The maximum Gasteiger partial charge on any atom is 0.313 e. The molecule has 0 aromatic heterocycles. The molecule has 0 fully saturated rings. The minimum Gasteiger partial charge on any atom is -0.466 e. The highest BCUT2D eigenvalue weighted by Crippen LogP contribution is 2.33. The molecule has 3 nitrogen and oxygen atoms in total. The Balaban J connectivity index is 3.15. The number of esters is 1. The lowest BCUT2D eigenvalue weighted by atomic mass is 9.72. The summed E-state index contributed by atoms with van der Waals surface area (Å²) in [6.45, 7) is 8.08. The molecule has 0 aliphatic heterocycles. The summed E-state index contributed by atoms with van der Waals surface area (Å²) in [5, 5.41) is 0. The normalized spacial score (nSPS) is 14.2. The Hall–Kier alpha value is -1.42. The fourth-order valence-corrected chi connectivity index (χ4v) is 2.38. The quantitative estimate of drug-likeness (QED) is 0.816. The number of halogens is 1. The fourth-order valence-electron chi connectivity index (χ4n) is 2.38. The van der Waals surface area contributed by atoms with Gasteiger partial charge in [-0.05, 0) is 49.4 Å². The first-order valence-corrected chi connectivity index (χ1v) is 6.99. The summed E-state index contributed by atoms with van der Waals surface area (Å²) < 4.78 is 18.4. The van der Waals surface area contributed by atoms with E-state index in [-0.39, 0.29) is 24.2 Å². The summed E-state index contributed by atoms with van der Waals surface area (Å²) >= 11 is 0. The van der Waals surface area contributed by atoms with Crippen molar-refractivity contribution in [1.82, 2.24) is 0 Å². The van der Waals surface area contributed by atoms with Crippen LogP contribution < -0.4 is 5.73 Å². The number of rotatable bonds is 6. The predicted molar refractivity (Wildman–Crippen MR) is 77.8 cm³/mol. The Kier molecular flexibility index (Phi) is 5.69. The summed E-state index contributed by atoms with van der Waals surface area (Å²) in [5.41, 5.74) is 6.88. The summed E-state index contributed by atoms with van der Waals surface area (Å²) in [5.74, 6) is -0.512. The highest BCUT2D eigenvalue weighted by Gasteiger charge is 2.42. The van der Waals surface area contributed by atoms with Crippen molar-refractivity contribution in [3.05, 3.63) is 35.1 Å². The monoisotopic (exact) mass is 281 g/mol. The Morgan fingerprint density at radius 1 is 1.45 bits per heavy atom. The van der Waals surface area contributed by atoms with Gasteiger partial charge in [0.1, 0.15) is 5.82 Å². The van der Waals surface area contributed by atoms with Crippen LogP contribution in [-0.2, 0) is 16.0 Å². The molecule has 1 unspecified atom stereocenters. The molecule has 0 aliphatic carbocycles. The molecule has 0 amide bonds. The minimum absolute atomic E-state index is 0.0380. The second-order valence-corrected chi connectivity index (χ2v) is 5.48. The van der Waals surface area contributed by atoms with Gasteiger partial charge in [-0.2, -0.15) is 0 Å². The highest BCUT2D eigenvalue weighted by atomic mass is 19.1. The van der Waals surface area contributed by atoms with Crippen molar-refractivity contribution in [2.75, 3.05) is 13.2 Å². The zero-order valence-electron chi connectivity index (χ0n) is 12.7. The summed E-state index contributed by atoms with van der Waals surface area (Å²) in [6.07, 6.45) is 0.464. The number of benzene rings is 1. The molecule has 112 valence electrons. The lowest BCUT2D eigenvalue weighted by Gasteiger charge is -2.34. The van der Waals surface area contributed by atoms with Crippen LogP contribution in [0.3, 0.4) is 0 Å². The van der Waals surface area contributed by atoms with Crippen molar-refractivity contribution in [3.63, 3.8) is 0 Å². The Labute approximate surface area is 120 Å². The zero-order valence-corrected chi connectivity index (χ0v) is 12.7. The van der Waals surface area contributed by atoms with E-state index in [4.69, 9.17) is 10.5 Å². The molecule has 1 rings (SSSR count). The van der Waals surface area contributed by atoms with E-state index >= 15 is 0 Å². The molecule has 0 bridgehead atoms. The van der Waals surface area contributed by atoms with Gasteiger partial charge in [-0.15, -0.1) is 0 Å². The molecule has 20 heavy (non-hydrogen) atoms. The molecule has 2 N–H and O–H groups in total. The third-order valence-corrected chi connectivity index (χ3v) is 3.96. The minimum atomic E-state index is -0.765.